The highest BCUT2D eigenvalue weighted by Crippen LogP contribution is 2.27. The summed E-state index contributed by atoms with van der Waals surface area (Å²) < 4.78 is 23.3. The monoisotopic (exact) mass is 317 g/mol. The van der Waals surface area contributed by atoms with Gasteiger partial charge in [0, 0.05) is 24.6 Å². The van der Waals surface area contributed by atoms with Crippen LogP contribution in [0.2, 0.25) is 5.15 Å². The predicted molar refractivity (Wildman–Crippen MR) is 81.2 cm³/mol. The van der Waals surface area contributed by atoms with Crippen molar-refractivity contribution in [2.24, 2.45) is 0 Å². The number of nitrogens with zero attached hydrogens (tertiary/aromatic N) is 3. The van der Waals surface area contributed by atoms with Crippen LogP contribution in [0.4, 0.5) is 5.82 Å². The maximum absolute atomic E-state index is 11.7. The summed E-state index contributed by atoms with van der Waals surface area (Å²) in [7, 11) is -2.93. The molecule has 0 radical (unpaired) electrons. The zero-order chi connectivity index (χ0) is 14.9. The second kappa shape index (κ2) is 5.85. The normalized spacial score (nSPS) is 22.0. The van der Waals surface area contributed by atoms with Gasteiger partial charge in [-0.05, 0) is 20.3 Å². The second-order valence-electron chi connectivity index (χ2n) is 5.29. The summed E-state index contributed by atoms with van der Waals surface area (Å²) in [4.78, 5) is 10.9. The van der Waals surface area contributed by atoms with E-state index in [0.717, 1.165) is 30.0 Å². The molecule has 5 nitrogen and oxygen atoms in total. The minimum Gasteiger partial charge on any atom is -0.351 e. The van der Waals surface area contributed by atoms with Crippen molar-refractivity contribution >= 4 is 27.3 Å². The summed E-state index contributed by atoms with van der Waals surface area (Å²) in [5.74, 6) is 1.83. The summed E-state index contributed by atoms with van der Waals surface area (Å²) in [6.07, 6.45) is 1.72. The highest BCUT2D eigenvalue weighted by atomic mass is 35.5. The van der Waals surface area contributed by atoms with Gasteiger partial charge < -0.3 is 4.90 Å². The van der Waals surface area contributed by atoms with E-state index in [9.17, 15) is 8.42 Å². The molecule has 0 saturated carbocycles. The van der Waals surface area contributed by atoms with Crippen molar-refractivity contribution in [3.8, 4) is 0 Å². The minimum absolute atomic E-state index is 0.0899. The molecule has 1 unspecified atom stereocenters. The summed E-state index contributed by atoms with van der Waals surface area (Å²) in [5, 5.41) is 0.457. The molecule has 0 spiro atoms. The second-order valence-corrected chi connectivity index (χ2v) is 7.87. The fourth-order valence-corrected chi connectivity index (χ4v) is 4.19. The van der Waals surface area contributed by atoms with Gasteiger partial charge in [0.1, 0.15) is 16.8 Å². The van der Waals surface area contributed by atoms with Crippen molar-refractivity contribution in [1.82, 2.24) is 9.97 Å². The molecule has 1 aromatic rings. The summed E-state index contributed by atoms with van der Waals surface area (Å²) in [6, 6.07) is -0.0899. The van der Waals surface area contributed by atoms with E-state index >= 15 is 0 Å². The number of aromatic nitrogens is 2. The SMILES string of the molecule is CCCc1nc(Cl)c(C)c(N2CCS(=O)(=O)CC2C)n1. The Bertz CT molecular complexity index is 604. The van der Waals surface area contributed by atoms with E-state index in [1.807, 2.05) is 18.7 Å². The maximum Gasteiger partial charge on any atom is 0.154 e. The van der Waals surface area contributed by atoms with Crippen LogP contribution < -0.4 is 4.90 Å². The molecule has 112 valence electrons. The predicted octanol–water partition coefficient (Wildman–Crippen LogP) is 2.01. The molecule has 2 heterocycles. The van der Waals surface area contributed by atoms with Crippen LogP contribution in [0.3, 0.4) is 0 Å². The van der Waals surface area contributed by atoms with Crippen LogP contribution in [-0.2, 0) is 16.3 Å². The van der Waals surface area contributed by atoms with Gasteiger partial charge in [-0.1, -0.05) is 18.5 Å². The van der Waals surface area contributed by atoms with E-state index in [-0.39, 0.29) is 17.5 Å². The summed E-state index contributed by atoms with van der Waals surface area (Å²) in [6.45, 7) is 6.31. The molecule has 1 atom stereocenters. The van der Waals surface area contributed by atoms with Gasteiger partial charge in [-0.3, -0.25) is 0 Å². The zero-order valence-corrected chi connectivity index (χ0v) is 13.6. The number of anilines is 1. The molecule has 1 aliphatic heterocycles. The van der Waals surface area contributed by atoms with Crippen molar-refractivity contribution in [3.63, 3.8) is 0 Å². The molecule has 2 rings (SSSR count). The van der Waals surface area contributed by atoms with Crippen molar-refractivity contribution in [1.29, 1.82) is 0 Å². The Labute approximate surface area is 125 Å². The quantitative estimate of drug-likeness (QED) is 0.798. The van der Waals surface area contributed by atoms with E-state index in [2.05, 4.69) is 16.9 Å². The Kier molecular flexibility index (Phi) is 4.54. The lowest BCUT2D eigenvalue weighted by Gasteiger charge is -2.35. The summed E-state index contributed by atoms with van der Waals surface area (Å²) in [5.41, 5.74) is 0.817. The highest BCUT2D eigenvalue weighted by molar-refractivity contribution is 7.91. The van der Waals surface area contributed by atoms with E-state index < -0.39 is 9.84 Å². The molecule has 0 bridgehead atoms. The van der Waals surface area contributed by atoms with Gasteiger partial charge in [0.2, 0.25) is 0 Å². The van der Waals surface area contributed by atoms with Gasteiger partial charge in [0.15, 0.2) is 9.84 Å². The first-order valence-electron chi connectivity index (χ1n) is 6.84. The average molecular weight is 318 g/mol. The third-order valence-electron chi connectivity index (χ3n) is 3.52. The van der Waals surface area contributed by atoms with Gasteiger partial charge in [0.25, 0.3) is 0 Å². The number of halogens is 1. The van der Waals surface area contributed by atoms with Gasteiger partial charge >= 0.3 is 0 Å². The Morgan fingerprint density at radius 2 is 2.10 bits per heavy atom. The van der Waals surface area contributed by atoms with Crippen LogP contribution in [0.5, 0.6) is 0 Å². The lowest BCUT2D eigenvalue weighted by molar-refractivity contribution is 0.566. The lowest BCUT2D eigenvalue weighted by atomic mass is 10.2. The molecule has 1 fully saturated rings. The maximum atomic E-state index is 11.7. The first-order chi connectivity index (χ1) is 9.34. The van der Waals surface area contributed by atoms with Gasteiger partial charge in [-0.15, -0.1) is 0 Å². The van der Waals surface area contributed by atoms with Gasteiger partial charge in [-0.2, -0.15) is 0 Å². The molecular weight excluding hydrogens is 298 g/mol. The summed E-state index contributed by atoms with van der Waals surface area (Å²) >= 11 is 6.18. The fourth-order valence-electron chi connectivity index (χ4n) is 2.45. The number of hydrogen-bond acceptors (Lipinski definition) is 5. The number of aryl methyl sites for hydroxylation is 1. The van der Waals surface area contributed by atoms with Crippen LogP contribution in [-0.4, -0.2) is 42.5 Å². The largest absolute Gasteiger partial charge is 0.351 e. The van der Waals surface area contributed by atoms with E-state index in [1.54, 1.807) is 0 Å². The average Bonchev–Trinajstić information content (AvgIpc) is 2.33. The van der Waals surface area contributed by atoms with Crippen LogP contribution in [0.25, 0.3) is 0 Å². The highest BCUT2D eigenvalue weighted by Gasteiger charge is 2.30. The third kappa shape index (κ3) is 3.23. The van der Waals surface area contributed by atoms with E-state index in [1.165, 1.54) is 0 Å². The van der Waals surface area contributed by atoms with E-state index in [0.29, 0.717) is 11.7 Å². The standard InChI is InChI=1S/C13H20ClN3O2S/c1-4-5-11-15-12(14)10(3)13(16-11)17-6-7-20(18,19)8-9(17)2/h9H,4-8H2,1-3H3. The Morgan fingerprint density at radius 1 is 1.40 bits per heavy atom. The van der Waals surface area contributed by atoms with Crippen LogP contribution in [0.1, 0.15) is 31.7 Å². The molecular formula is C13H20ClN3O2S. The molecule has 1 aromatic heterocycles. The van der Waals surface area contributed by atoms with Gasteiger partial charge in [-0.25, -0.2) is 18.4 Å². The van der Waals surface area contributed by atoms with Gasteiger partial charge in [0.05, 0.1) is 11.5 Å². The third-order valence-corrected chi connectivity index (χ3v) is 5.69. The van der Waals surface area contributed by atoms with Crippen molar-refractivity contribution < 1.29 is 8.42 Å². The molecule has 0 aliphatic carbocycles. The van der Waals surface area contributed by atoms with Crippen molar-refractivity contribution in [3.05, 3.63) is 16.5 Å². The minimum atomic E-state index is -2.93. The molecule has 0 aromatic carbocycles. The number of sulfone groups is 1. The topological polar surface area (TPSA) is 63.2 Å². The Balaban J connectivity index is 2.37. The zero-order valence-electron chi connectivity index (χ0n) is 12.1. The molecule has 7 heteroatoms. The smallest absolute Gasteiger partial charge is 0.154 e. The first kappa shape index (κ1) is 15.5. The van der Waals surface area contributed by atoms with Crippen LogP contribution in [0, 0.1) is 6.92 Å². The molecule has 0 amide bonds. The molecule has 20 heavy (non-hydrogen) atoms. The lowest BCUT2D eigenvalue weighted by Crippen LogP contribution is -2.47. The first-order valence-corrected chi connectivity index (χ1v) is 9.04. The fraction of sp³-hybridized carbons (Fsp3) is 0.692. The van der Waals surface area contributed by atoms with Crippen molar-refractivity contribution in [2.45, 2.75) is 39.7 Å². The van der Waals surface area contributed by atoms with E-state index in [4.69, 9.17) is 11.6 Å². The molecule has 0 N–H and O–H groups in total. The Morgan fingerprint density at radius 3 is 2.70 bits per heavy atom. The number of hydrogen-bond donors (Lipinski definition) is 0. The molecule has 1 aliphatic rings. The number of rotatable bonds is 3. The van der Waals surface area contributed by atoms with Crippen LogP contribution in [0.15, 0.2) is 0 Å². The molecule has 1 saturated heterocycles. The van der Waals surface area contributed by atoms with Crippen LogP contribution >= 0.6 is 11.6 Å². The van der Waals surface area contributed by atoms with Crippen molar-refractivity contribution in [2.75, 3.05) is 23.0 Å². The Hall–Kier alpha value is -0.880.